The Kier molecular flexibility index (Phi) is 6.28. The van der Waals surface area contributed by atoms with E-state index in [9.17, 15) is 20.6 Å². The van der Waals surface area contributed by atoms with Gasteiger partial charge in [-0.1, -0.05) is 31.2 Å². The maximum Gasteiger partial charge on any atom is 0.293 e. The Bertz CT molecular complexity index is 1350. The number of nitro groups is 1. The van der Waals surface area contributed by atoms with Crippen molar-refractivity contribution in [3.05, 3.63) is 75.5 Å². The monoisotopic (exact) mass is 453 g/mol. The van der Waals surface area contributed by atoms with Gasteiger partial charge in [-0.25, -0.2) is 4.68 Å². The lowest BCUT2D eigenvalue weighted by molar-refractivity contribution is -0.384. The second-order valence-corrected chi connectivity index (χ2v) is 8.34. The van der Waals surface area contributed by atoms with Gasteiger partial charge in [-0.15, -0.1) is 0 Å². The van der Waals surface area contributed by atoms with Gasteiger partial charge in [-0.3, -0.25) is 10.1 Å². The summed E-state index contributed by atoms with van der Waals surface area (Å²) in [5, 5.41) is 35.8. The first-order chi connectivity index (χ1) is 16.4. The van der Waals surface area contributed by atoms with Crippen LogP contribution in [0.3, 0.4) is 0 Å². The molecular weight excluding hydrogens is 430 g/mol. The largest absolute Gasteiger partial charge is 0.382 e. The summed E-state index contributed by atoms with van der Waals surface area (Å²) in [6, 6.07) is 18.0. The Morgan fingerprint density at radius 2 is 2.03 bits per heavy atom. The van der Waals surface area contributed by atoms with Crippen LogP contribution in [0.25, 0.3) is 17.3 Å². The van der Waals surface area contributed by atoms with Gasteiger partial charge in [0.1, 0.15) is 34.9 Å². The number of anilines is 2. The zero-order valence-corrected chi connectivity index (χ0v) is 18.7. The number of para-hydroxylation sites is 1. The molecule has 2 heterocycles. The molecule has 170 valence electrons. The van der Waals surface area contributed by atoms with Crippen LogP contribution in [0, 0.1) is 38.7 Å². The minimum absolute atomic E-state index is 0.0185. The number of nitrogens with zero attached hydrogens (tertiary/aromatic N) is 6. The molecule has 0 amide bonds. The van der Waals surface area contributed by atoms with Crippen LogP contribution in [0.1, 0.15) is 36.6 Å². The summed E-state index contributed by atoms with van der Waals surface area (Å²) in [5.74, 6) is 0.582. The van der Waals surface area contributed by atoms with Gasteiger partial charge in [-0.2, -0.15) is 15.6 Å². The highest BCUT2D eigenvalue weighted by atomic mass is 16.6. The normalized spacial score (nSPS) is 16.0. The molecule has 1 fully saturated rings. The minimum atomic E-state index is -0.402. The lowest BCUT2D eigenvalue weighted by atomic mass is 9.99. The molecule has 0 aliphatic carbocycles. The lowest BCUT2D eigenvalue weighted by Gasteiger charge is -2.32. The number of piperidine rings is 1. The van der Waals surface area contributed by atoms with Crippen LogP contribution < -0.4 is 10.6 Å². The molecule has 1 aromatic heterocycles. The molecule has 0 spiro atoms. The third kappa shape index (κ3) is 4.32. The Morgan fingerprint density at radius 1 is 1.26 bits per heavy atom. The highest BCUT2D eigenvalue weighted by molar-refractivity contribution is 5.92. The van der Waals surface area contributed by atoms with Crippen molar-refractivity contribution >= 4 is 28.8 Å². The number of nitro benzene ring substituents is 1. The van der Waals surface area contributed by atoms with E-state index in [4.69, 9.17) is 5.73 Å². The van der Waals surface area contributed by atoms with Gasteiger partial charge in [0.15, 0.2) is 0 Å². The van der Waals surface area contributed by atoms with Crippen molar-refractivity contribution in [2.24, 2.45) is 5.92 Å². The molecule has 1 saturated heterocycles. The SMILES string of the molecule is C[C@@H]1CCCN(c2ccc(/C=C(\C#N)c3nn(-c4ccccc4)c(N)c3C#N)cc2[N+](=O)[O-])C1. The van der Waals surface area contributed by atoms with Gasteiger partial charge < -0.3 is 10.6 Å². The molecule has 0 radical (unpaired) electrons. The van der Waals surface area contributed by atoms with Crippen molar-refractivity contribution in [1.29, 1.82) is 10.5 Å². The van der Waals surface area contributed by atoms with Crippen molar-refractivity contribution in [1.82, 2.24) is 9.78 Å². The van der Waals surface area contributed by atoms with Crippen LogP contribution in [-0.2, 0) is 0 Å². The number of nitriles is 2. The van der Waals surface area contributed by atoms with Gasteiger partial charge in [0, 0.05) is 19.2 Å². The van der Waals surface area contributed by atoms with Gasteiger partial charge in [0.05, 0.1) is 16.2 Å². The number of aromatic nitrogens is 2. The zero-order chi connectivity index (χ0) is 24.2. The van der Waals surface area contributed by atoms with E-state index in [1.165, 1.54) is 16.8 Å². The molecule has 2 N–H and O–H groups in total. The second-order valence-electron chi connectivity index (χ2n) is 8.34. The molecule has 1 atom stereocenters. The smallest absolute Gasteiger partial charge is 0.293 e. The number of hydrogen-bond acceptors (Lipinski definition) is 7. The van der Waals surface area contributed by atoms with Crippen LogP contribution >= 0.6 is 0 Å². The van der Waals surface area contributed by atoms with Gasteiger partial charge in [-0.05, 0) is 48.6 Å². The first-order valence-electron chi connectivity index (χ1n) is 10.9. The number of benzene rings is 2. The van der Waals surface area contributed by atoms with Crippen LogP contribution in [0.2, 0.25) is 0 Å². The quantitative estimate of drug-likeness (QED) is 0.340. The van der Waals surface area contributed by atoms with E-state index in [-0.39, 0.29) is 28.3 Å². The number of allylic oxidation sites excluding steroid dienone is 1. The summed E-state index contributed by atoms with van der Waals surface area (Å²) in [5.41, 5.74) is 8.12. The predicted molar refractivity (Wildman–Crippen MR) is 130 cm³/mol. The van der Waals surface area contributed by atoms with Crippen molar-refractivity contribution in [2.75, 3.05) is 23.7 Å². The van der Waals surface area contributed by atoms with Gasteiger partial charge >= 0.3 is 0 Å². The second kappa shape index (κ2) is 9.47. The molecule has 34 heavy (non-hydrogen) atoms. The summed E-state index contributed by atoms with van der Waals surface area (Å²) in [6.45, 7) is 3.67. The van der Waals surface area contributed by atoms with Crippen molar-refractivity contribution in [2.45, 2.75) is 19.8 Å². The highest BCUT2D eigenvalue weighted by Crippen LogP contribution is 2.34. The minimum Gasteiger partial charge on any atom is -0.382 e. The van der Waals surface area contributed by atoms with Crippen molar-refractivity contribution in [3.8, 4) is 17.8 Å². The molecule has 2 aromatic carbocycles. The van der Waals surface area contributed by atoms with E-state index in [2.05, 4.69) is 18.1 Å². The first-order valence-corrected chi connectivity index (χ1v) is 10.9. The summed E-state index contributed by atoms with van der Waals surface area (Å²) in [7, 11) is 0. The fourth-order valence-electron chi connectivity index (χ4n) is 4.27. The maximum atomic E-state index is 11.8. The fourth-order valence-corrected chi connectivity index (χ4v) is 4.27. The molecule has 0 unspecified atom stereocenters. The third-order valence-corrected chi connectivity index (χ3v) is 5.91. The van der Waals surface area contributed by atoms with Gasteiger partial charge in [0.25, 0.3) is 5.69 Å². The van der Waals surface area contributed by atoms with Crippen molar-refractivity contribution in [3.63, 3.8) is 0 Å². The Balaban J connectivity index is 1.76. The maximum absolute atomic E-state index is 11.8. The number of hydrogen-bond donors (Lipinski definition) is 1. The van der Waals surface area contributed by atoms with Crippen LogP contribution in [-0.4, -0.2) is 27.8 Å². The van der Waals surface area contributed by atoms with Crippen molar-refractivity contribution < 1.29 is 4.92 Å². The number of nitrogen functional groups attached to an aromatic ring is 1. The summed E-state index contributed by atoms with van der Waals surface area (Å²) < 4.78 is 1.40. The Labute approximate surface area is 197 Å². The predicted octanol–water partition coefficient (Wildman–Crippen LogP) is 4.53. The standard InChI is InChI=1S/C25H23N7O2/c1-17-6-5-11-30(16-17)22-10-9-18(13-23(22)32(33)34)12-19(14-26)24-21(15-27)25(28)31(29-24)20-7-3-2-4-8-20/h2-4,7-10,12-13,17H,5-6,11,16,28H2,1H3/b19-12+/t17-/m1/s1. The van der Waals surface area contributed by atoms with E-state index < -0.39 is 4.92 Å². The fraction of sp³-hybridized carbons (Fsp3) is 0.240. The number of rotatable bonds is 5. The lowest BCUT2D eigenvalue weighted by Crippen LogP contribution is -2.34. The number of nitrogens with two attached hydrogens (primary N) is 1. The van der Waals surface area contributed by atoms with E-state index in [0.717, 1.165) is 25.9 Å². The average Bonchev–Trinajstić information content (AvgIpc) is 3.18. The van der Waals surface area contributed by atoms with E-state index in [1.54, 1.807) is 24.3 Å². The molecule has 9 nitrogen and oxygen atoms in total. The molecule has 1 aliphatic rings. The van der Waals surface area contributed by atoms with E-state index in [1.807, 2.05) is 29.2 Å². The summed E-state index contributed by atoms with van der Waals surface area (Å²) >= 11 is 0. The molecular formula is C25H23N7O2. The molecule has 0 saturated carbocycles. The molecule has 4 rings (SSSR count). The molecule has 1 aliphatic heterocycles. The third-order valence-electron chi connectivity index (χ3n) is 5.91. The van der Waals surface area contributed by atoms with E-state index >= 15 is 0 Å². The molecule has 9 heteroatoms. The topological polar surface area (TPSA) is 138 Å². The van der Waals surface area contributed by atoms with Crippen LogP contribution in [0.15, 0.2) is 48.5 Å². The molecule has 0 bridgehead atoms. The highest BCUT2D eigenvalue weighted by Gasteiger charge is 2.25. The Morgan fingerprint density at radius 3 is 2.68 bits per heavy atom. The summed E-state index contributed by atoms with van der Waals surface area (Å²) in [4.78, 5) is 13.5. The summed E-state index contributed by atoms with van der Waals surface area (Å²) in [6.07, 6.45) is 3.59. The van der Waals surface area contributed by atoms with Crippen LogP contribution in [0.5, 0.6) is 0 Å². The zero-order valence-electron chi connectivity index (χ0n) is 18.7. The average molecular weight is 454 g/mol. The Hall–Kier alpha value is -4.63. The molecule has 3 aromatic rings. The van der Waals surface area contributed by atoms with Crippen LogP contribution in [0.4, 0.5) is 17.2 Å². The van der Waals surface area contributed by atoms with Gasteiger partial charge in [0.2, 0.25) is 0 Å². The van der Waals surface area contributed by atoms with E-state index in [0.29, 0.717) is 22.9 Å². The first kappa shape index (κ1) is 22.6.